The van der Waals surface area contributed by atoms with E-state index in [0.717, 1.165) is 12.1 Å². The molecule has 0 unspecified atom stereocenters. The molecule has 0 aliphatic heterocycles. The first-order valence-electron chi connectivity index (χ1n) is 6.20. The van der Waals surface area contributed by atoms with Gasteiger partial charge in [0, 0.05) is 36.9 Å². The summed E-state index contributed by atoms with van der Waals surface area (Å²) in [4.78, 5) is 12.3. The van der Waals surface area contributed by atoms with Crippen molar-refractivity contribution >= 4 is 11.6 Å². The Morgan fingerprint density at radius 2 is 2.00 bits per heavy atom. The molecule has 0 bridgehead atoms. The first-order valence-corrected chi connectivity index (χ1v) is 6.73. The minimum atomic E-state index is -0.0585. The summed E-state index contributed by atoms with van der Waals surface area (Å²) < 4.78 is 6.87. The van der Waals surface area contributed by atoms with Crippen molar-refractivity contribution in [3.05, 3.63) is 33.7 Å². The van der Waals surface area contributed by atoms with Gasteiger partial charge in [0.15, 0.2) is 0 Å². The zero-order valence-corrected chi connectivity index (χ0v) is 12.4. The zero-order valence-electron chi connectivity index (χ0n) is 11.6. The van der Waals surface area contributed by atoms with E-state index in [4.69, 9.17) is 16.3 Å². The predicted molar refractivity (Wildman–Crippen MR) is 75.5 cm³/mol. The summed E-state index contributed by atoms with van der Waals surface area (Å²) >= 11 is 5.79. The second kappa shape index (κ2) is 6.39. The average Bonchev–Trinajstić information content (AvgIpc) is 2.29. The maximum absolute atomic E-state index is 12.3. The second-order valence-corrected chi connectivity index (χ2v) is 5.70. The van der Waals surface area contributed by atoms with Crippen molar-refractivity contribution in [1.82, 2.24) is 4.57 Å². The third-order valence-electron chi connectivity index (χ3n) is 2.90. The van der Waals surface area contributed by atoms with E-state index in [-0.39, 0.29) is 16.9 Å². The molecule has 0 radical (unpaired) electrons. The first kappa shape index (κ1) is 15.3. The van der Waals surface area contributed by atoms with E-state index in [2.05, 4.69) is 20.8 Å². The monoisotopic (exact) mass is 271 g/mol. The highest BCUT2D eigenvalue weighted by Gasteiger charge is 2.19. The Hall–Kier alpha value is -0.800. The molecule has 0 aromatic carbocycles. The van der Waals surface area contributed by atoms with Gasteiger partial charge in [0.05, 0.1) is 5.88 Å². The van der Waals surface area contributed by atoms with Crippen molar-refractivity contribution in [2.45, 2.75) is 45.0 Å². The molecule has 0 fully saturated rings. The van der Waals surface area contributed by atoms with E-state index in [1.807, 2.05) is 16.7 Å². The molecular formula is C14H22ClNO2. The fourth-order valence-electron chi connectivity index (χ4n) is 1.97. The number of aromatic nitrogens is 1. The highest BCUT2D eigenvalue weighted by molar-refractivity contribution is 6.17. The van der Waals surface area contributed by atoms with Crippen LogP contribution in [0.25, 0.3) is 0 Å². The fourth-order valence-corrected chi connectivity index (χ4v) is 2.17. The molecule has 0 atom stereocenters. The summed E-state index contributed by atoms with van der Waals surface area (Å²) in [5, 5.41) is 0. The molecule has 0 saturated carbocycles. The maximum atomic E-state index is 12.3. The summed E-state index contributed by atoms with van der Waals surface area (Å²) in [6, 6.07) is 3.84. The van der Waals surface area contributed by atoms with Gasteiger partial charge in [-0.25, -0.2) is 0 Å². The normalized spacial score (nSPS) is 11.8. The summed E-state index contributed by atoms with van der Waals surface area (Å²) in [5.74, 6) is 0.257. The van der Waals surface area contributed by atoms with Crippen LogP contribution in [0, 0.1) is 0 Å². The molecule has 1 rings (SSSR count). The molecule has 0 amide bonds. The van der Waals surface area contributed by atoms with Crippen LogP contribution in [0.5, 0.6) is 0 Å². The quantitative estimate of drug-likeness (QED) is 0.609. The molecule has 1 aromatic rings. The molecular weight excluding hydrogens is 250 g/mol. The third kappa shape index (κ3) is 3.59. The lowest BCUT2D eigenvalue weighted by Gasteiger charge is -2.24. The fraction of sp³-hybridized carbons (Fsp3) is 0.643. The van der Waals surface area contributed by atoms with E-state index in [1.54, 1.807) is 7.11 Å². The predicted octanol–water partition coefficient (Wildman–Crippen LogP) is 2.92. The van der Waals surface area contributed by atoms with E-state index in [9.17, 15) is 4.79 Å². The molecule has 0 N–H and O–H groups in total. The van der Waals surface area contributed by atoms with Gasteiger partial charge in [0.2, 0.25) is 0 Å². The highest BCUT2D eigenvalue weighted by Crippen LogP contribution is 2.21. The summed E-state index contributed by atoms with van der Waals surface area (Å²) in [5.41, 5.74) is 1.66. The van der Waals surface area contributed by atoms with Crippen molar-refractivity contribution in [3.8, 4) is 0 Å². The number of halogens is 1. The van der Waals surface area contributed by atoms with E-state index in [0.29, 0.717) is 18.7 Å². The standard InChI is InChI=1S/C14H22ClNO2/c1-14(2,3)12-7-6-11(10-15)13(17)16(12)8-5-9-18-4/h6-7H,5,8-10H2,1-4H3. The number of hydrogen-bond donors (Lipinski definition) is 0. The minimum absolute atomic E-state index is 0.0218. The lowest BCUT2D eigenvalue weighted by molar-refractivity contribution is 0.189. The van der Waals surface area contributed by atoms with Gasteiger partial charge in [-0.05, 0) is 12.5 Å². The molecule has 102 valence electrons. The Kier molecular flexibility index (Phi) is 5.42. The second-order valence-electron chi connectivity index (χ2n) is 5.43. The number of hydrogen-bond acceptors (Lipinski definition) is 2. The van der Waals surface area contributed by atoms with E-state index >= 15 is 0 Å². The summed E-state index contributed by atoms with van der Waals surface area (Å²) in [7, 11) is 1.67. The average molecular weight is 272 g/mol. The van der Waals surface area contributed by atoms with Crippen LogP contribution >= 0.6 is 11.6 Å². The van der Waals surface area contributed by atoms with Crippen LogP contribution < -0.4 is 5.56 Å². The van der Waals surface area contributed by atoms with Crippen LogP contribution in [0.15, 0.2) is 16.9 Å². The summed E-state index contributed by atoms with van der Waals surface area (Å²) in [6.07, 6.45) is 0.825. The molecule has 4 heteroatoms. The smallest absolute Gasteiger partial charge is 0.255 e. The molecule has 1 heterocycles. The van der Waals surface area contributed by atoms with Crippen LogP contribution in [0.1, 0.15) is 38.4 Å². The van der Waals surface area contributed by atoms with Crippen LogP contribution in [-0.4, -0.2) is 18.3 Å². The number of methoxy groups -OCH3 is 1. The molecule has 0 aliphatic carbocycles. The van der Waals surface area contributed by atoms with Crippen LogP contribution in [0.3, 0.4) is 0 Å². The van der Waals surface area contributed by atoms with Gasteiger partial charge in [-0.2, -0.15) is 0 Å². The van der Waals surface area contributed by atoms with Crippen molar-refractivity contribution < 1.29 is 4.74 Å². The lowest BCUT2D eigenvalue weighted by Crippen LogP contribution is -2.31. The molecule has 0 saturated heterocycles. The van der Waals surface area contributed by atoms with Gasteiger partial charge in [-0.1, -0.05) is 26.8 Å². The number of pyridine rings is 1. The van der Waals surface area contributed by atoms with Crippen molar-refractivity contribution in [2.24, 2.45) is 0 Å². The van der Waals surface area contributed by atoms with E-state index < -0.39 is 0 Å². The van der Waals surface area contributed by atoms with Gasteiger partial charge < -0.3 is 9.30 Å². The maximum Gasteiger partial charge on any atom is 0.255 e. The topological polar surface area (TPSA) is 31.2 Å². The van der Waals surface area contributed by atoms with E-state index in [1.165, 1.54) is 0 Å². The zero-order chi connectivity index (χ0) is 13.8. The molecule has 0 aliphatic rings. The minimum Gasteiger partial charge on any atom is -0.385 e. The number of ether oxygens (including phenoxy) is 1. The largest absolute Gasteiger partial charge is 0.385 e. The van der Waals surface area contributed by atoms with Crippen LogP contribution in [-0.2, 0) is 22.6 Å². The molecule has 0 spiro atoms. The summed E-state index contributed by atoms with van der Waals surface area (Å²) in [6.45, 7) is 7.64. The van der Waals surface area contributed by atoms with Gasteiger partial charge in [-0.15, -0.1) is 11.6 Å². The first-order chi connectivity index (χ1) is 8.41. The SMILES string of the molecule is COCCCn1c(C(C)(C)C)ccc(CCl)c1=O. The Bertz CT molecular complexity index is 446. The van der Waals surface area contributed by atoms with Gasteiger partial charge in [0.1, 0.15) is 0 Å². The lowest BCUT2D eigenvalue weighted by atomic mass is 9.90. The number of nitrogens with zero attached hydrogens (tertiary/aromatic N) is 1. The number of rotatable bonds is 5. The Morgan fingerprint density at radius 1 is 1.33 bits per heavy atom. The Morgan fingerprint density at radius 3 is 2.50 bits per heavy atom. The van der Waals surface area contributed by atoms with Crippen LogP contribution in [0.2, 0.25) is 0 Å². The highest BCUT2D eigenvalue weighted by atomic mass is 35.5. The van der Waals surface area contributed by atoms with Gasteiger partial charge in [-0.3, -0.25) is 4.79 Å². The third-order valence-corrected chi connectivity index (χ3v) is 3.18. The Balaban J connectivity index is 3.19. The van der Waals surface area contributed by atoms with Crippen molar-refractivity contribution in [2.75, 3.05) is 13.7 Å². The van der Waals surface area contributed by atoms with Gasteiger partial charge in [0.25, 0.3) is 5.56 Å². The van der Waals surface area contributed by atoms with Crippen molar-refractivity contribution in [3.63, 3.8) is 0 Å². The molecule has 18 heavy (non-hydrogen) atoms. The molecule has 1 aromatic heterocycles. The molecule has 3 nitrogen and oxygen atoms in total. The van der Waals surface area contributed by atoms with Crippen molar-refractivity contribution in [1.29, 1.82) is 0 Å². The van der Waals surface area contributed by atoms with Crippen LogP contribution in [0.4, 0.5) is 0 Å². The number of alkyl halides is 1. The van der Waals surface area contributed by atoms with Gasteiger partial charge >= 0.3 is 0 Å². The Labute approximate surface area is 114 Å².